The van der Waals surface area contributed by atoms with Crippen LogP contribution < -0.4 is 19.7 Å². The van der Waals surface area contributed by atoms with E-state index in [-0.39, 0.29) is 25.0 Å². The molecule has 6 nitrogen and oxygen atoms in total. The number of amides is 2. The van der Waals surface area contributed by atoms with Crippen LogP contribution in [0.5, 0.6) is 11.5 Å². The van der Waals surface area contributed by atoms with Gasteiger partial charge in [0.05, 0.1) is 10.7 Å². The summed E-state index contributed by atoms with van der Waals surface area (Å²) < 4.78 is 10.9. The fourth-order valence-corrected chi connectivity index (χ4v) is 3.01. The first kappa shape index (κ1) is 19.1. The summed E-state index contributed by atoms with van der Waals surface area (Å²) in [6.45, 7) is 3.76. The summed E-state index contributed by atoms with van der Waals surface area (Å²) in [5.41, 5.74) is 1.16. The van der Waals surface area contributed by atoms with Gasteiger partial charge in [0.2, 0.25) is 0 Å². The van der Waals surface area contributed by atoms with E-state index in [9.17, 15) is 9.59 Å². The molecule has 2 aromatic carbocycles. The summed E-state index contributed by atoms with van der Waals surface area (Å²) in [5.74, 6) is 0.364. The minimum Gasteiger partial charge on any atom is -0.482 e. The molecule has 1 aliphatic rings. The quantitative estimate of drug-likeness (QED) is 0.738. The molecule has 0 unspecified atom stereocenters. The lowest BCUT2D eigenvalue weighted by molar-refractivity contribution is -0.121. The zero-order valence-corrected chi connectivity index (χ0v) is 15.7. The van der Waals surface area contributed by atoms with E-state index in [0.717, 1.165) is 0 Å². The zero-order chi connectivity index (χ0) is 19.4. The molecule has 1 N–H and O–H groups in total. The molecule has 1 heterocycles. The third-order valence-corrected chi connectivity index (χ3v) is 4.28. The monoisotopic (exact) mass is 406 g/mol. The van der Waals surface area contributed by atoms with E-state index in [4.69, 9.17) is 32.7 Å². The number of hydrogen-bond acceptors (Lipinski definition) is 4. The molecule has 0 aliphatic carbocycles. The summed E-state index contributed by atoms with van der Waals surface area (Å²) in [7, 11) is 0. The van der Waals surface area contributed by atoms with Crippen LogP contribution in [-0.4, -0.2) is 31.6 Å². The lowest BCUT2D eigenvalue weighted by Gasteiger charge is -2.28. The van der Waals surface area contributed by atoms with Crippen LogP contribution in [0.25, 0.3) is 0 Å². The van der Waals surface area contributed by atoms with Crippen LogP contribution in [0.4, 0.5) is 11.4 Å². The second-order valence-electron chi connectivity index (χ2n) is 5.68. The van der Waals surface area contributed by atoms with Gasteiger partial charge in [-0.15, -0.1) is 6.58 Å². The van der Waals surface area contributed by atoms with Gasteiger partial charge in [0.15, 0.2) is 13.2 Å². The molecule has 140 valence electrons. The number of halogens is 2. The molecule has 0 saturated heterocycles. The van der Waals surface area contributed by atoms with Crippen LogP contribution in [-0.2, 0) is 9.59 Å². The third-order valence-electron chi connectivity index (χ3n) is 3.75. The molecule has 2 amide bonds. The van der Waals surface area contributed by atoms with Crippen molar-refractivity contribution in [1.82, 2.24) is 0 Å². The summed E-state index contributed by atoms with van der Waals surface area (Å²) in [6.07, 6.45) is 1.64. The van der Waals surface area contributed by atoms with Crippen LogP contribution in [0.2, 0.25) is 10.0 Å². The largest absolute Gasteiger partial charge is 0.482 e. The molecule has 0 bridgehead atoms. The van der Waals surface area contributed by atoms with Crippen LogP contribution in [0, 0.1) is 0 Å². The first-order chi connectivity index (χ1) is 13.0. The molecule has 8 heteroatoms. The zero-order valence-electron chi connectivity index (χ0n) is 14.2. The first-order valence-electron chi connectivity index (χ1n) is 8.03. The van der Waals surface area contributed by atoms with E-state index in [1.807, 2.05) is 0 Å². The van der Waals surface area contributed by atoms with Gasteiger partial charge < -0.3 is 19.7 Å². The van der Waals surface area contributed by atoms with Gasteiger partial charge in [-0.1, -0.05) is 29.3 Å². The molecule has 0 spiro atoms. The van der Waals surface area contributed by atoms with Crippen molar-refractivity contribution in [2.24, 2.45) is 0 Å². The minimum absolute atomic E-state index is 0.0591. The first-order valence-corrected chi connectivity index (χ1v) is 8.79. The number of ether oxygens (including phenoxy) is 2. The summed E-state index contributed by atoms with van der Waals surface area (Å²) in [4.78, 5) is 25.6. The lowest BCUT2D eigenvalue weighted by atomic mass is 10.2. The maximum Gasteiger partial charge on any atom is 0.265 e. The Morgan fingerprint density at radius 1 is 1.30 bits per heavy atom. The van der Waals surface area contributed by atoms with Gasteiger partial charge in [0.1, 0.15) is 11.5 Å². The van der Waals surface area contributed by atoms with Crippen molar-refractivity contribution in [3.63, 3.8) is 0 Å². The third kappa shape index (κ3) is 4.53. The van der Waals surface area contributed by atoms with Crippen molar-refractivity contribution in [2.45, 2.75) is 0 Å². The van der Waals surface area contributed by atoms with Gasteiger partial charge in [-0.2, -0.15) is 0 Å². The summed E-state index contributed by atoms with van der Waals surface area (Å²) in [6, 6.07) is 9.80. The molecule has 27 heavy (non-hydrogen) atoms. The van der Waals surface area contributed by atoms with Gasteiger partial charge in [-0.05, 0) is 30.3 Å². The molecule has 2 aromatic rings. The van der Waals surface area contributed by atoms with Gasteiger partial charge in [0, 0.05) is 23.3 Å². The highest BCUT2D eigenvalue weighted by molar-refractivity contribution is 6.35. The molecule has 0 atom stereocenters. The van der Waals surface area contributed by atoms with Crippen LogP contribution in [0.3, 0.4) is 0 Å². The van der Waals surface area contributed by atoms with Crippen LogP contribution >= 0.6 is 23.2 Å². The van der Waals surface area contributed by atoms with Gasteiger partial charge in [-0.25, -0.2) is 0 Å². The number of rotatable bonds is 6. The van der Waals surface area contributed by atoms with Crippen molar-refractivity contribution >= 4 is 46.4 Å². The Labute approximate surface area is 166 Å². The minimum atomic E-state index is -0.365. The Kier molecular flexibility index (Phi) is 5.88. The molecule has 0 fully saturated rings. The normalized spacial score (nSPS) is 12.8. The van der Waals surface area contributed by atoms with Crippen molar-refractivity contribution < 1.29 is 19.1 Å². The maximum atomic E-state index is 12.1. The number of carbonyl (C=O) groups excluding carboxylic acids is 2. The molecule has 0 radical (unpaired) electrons. The van der Waals surface area contributed by atoms with E-state index < -0.39 is 0 Å². The highest BCUT2D eigenvalue weighted by atomic mass is 35.5. The molecular formula is C19H16Cl2N2O4. The predicted octanol–water partition coefficient (Wildman–Crippen LogP) is 3.92. The Hall–Kier alpha value is -2.70. The summed E-state index contributed by atoms with van der Waals surface area (Å²) in [5, 5.41) is 3.52. The average Bonchev–Trinajstić information content (AvgIpc) is 2.63. The number of benzene rings is 2. The fourth-order valence-electron chi connectivity index (χ4n) is 2.54. The molecule has 1 aliphatic heterocycles. The molecular weight excluding hydrogens is 391 g/mol. The predicted molar refractivity (Wildman–Crippen MR) is 105 cm³/mol. The Morgan fingerprint density at radius 3 is 2.85 bits per heavy atom. The lowest BCUT2D eigenvalue weighted by Crippen LogP contribution is -2.38. The SMILES string of the molecule is C=CCN1C(=O)COc2cc(NC(=O)COc3ccc(Cl)cc3Cl)ccc21. The highest BCUT2D eigenvalue weighted by Crippen LogP contribution is 2.34. The standard InChI is InChI=1S/C19H16Cl2N2O4/c1-2-7-23-15-5-4-13(9-17(15)27-11-19(23)25)22-18(24)10-26-16-6-3-12(20)8-14(16)21/h2-6,8-9H,1,7,10-11H2,(H,22,24). The highest BCUT2D eigenvalue weighted by Gasteiger charge is 2.24. The van der Waals surface area contributed by atoms with Crippen molar-refractivity contribution in [3.8, 4) is 11.5 Å². The smallest absolute Gasteiger partial charge is 0.265 e. The van der Waals surface area contributed by atoms with Gasteiger partial charge in [0.25, 0.3) is 11.8 Å². The molecule has 3 rings (SSSR count). The number of carbonyl (C=O) groups is 2. The van der Waals surface area contributed by atoms with Crippen LogP contribution in [0.15, 0.2) is 49.1 Å². The van der Waals surface area contributed by atoms with E-state index in [0.29, 0.717) is 39.5 Å². The van der Waals surface area contributed by atoms with E-state index in [1.54, 1.807) is 41.3 Å². The number of anilines is 2. The Balaban J connectivity index is 1.65. The Bertz CT molecular complexity index is 901. The topological polar surface area (TPSA) is 67.9 Å². The maximum absolute atomic E-state index is 12.1. The Morgan fingerprint density at radius 2 is 2.11 bits per heavy atom. The number of nitrogens with zero attached hydrogens (tertiary/aromatic N) is 1. The number of hydrogen-bond donors (Lipinski definition) is 1. The summed E-state index contributed by atoms with van der Waals surface area (Å²) >= 11 is 11.8. The second kappa shape index (κ2) is 8.33. The van der Waals surface area contributed by atoms with E-state index in [2.05, 4.69) is 11.9 Å². The van der Waals surface area contributed by atoms with Crippen LogP contribution in [0.1, 0.15) is 0 Å². The molecule has 0 aromatic heterocycles. The fraction of sp³-hybridized carbons (Fsp3) is 0.158. The second-order valence-corrected chi connectivity index (χ2v) is 6.52. The average molecular weight is 407 g/mol. The van der Waals surface area contributed by atoms with Gasteiger partial charge >= 0.3 is 0 Å². The number of fused-ring (bicyclic) bond motifs is 1. The van der Waals surface area contributed by atoms with E-state index >= 15 is 0 Å². The van der Waals surface area contributed by atoms with Crippen molar-refractivity contribution in [2.75, 3.05) is 30.0 Å². The van der Waals surface area contributed by atoms with E-state index in [1.165, 1.54) is 6.07 Å². The molecule has 0 saturated carbocycles. The van der Waals surface area contributed by atoms with Crippen molar-refractivity contribution in [1.29, 1.82) is 0 Å². The van der Waals surface area contributed by atoms with Gasteiger partial charge in [-0.3, -0.25) is 9.59 Å². The number of nitrogens with one attached hydrogen (secondary N) is 1. The van der Waals surface area contributed by atoms with Crippen molar-refractivity contribution in [3.05, 3.63) is 59.1 Å².